The minimum absolute atomic E-state index is 0.0182. The van der Waals surface area contributed by atoms with Crippen LogP contribution in [0, 0.1) is 0 Å². The third-order valence-corrected chi connectivity index (χ3v) is 13.1. The summed E-state index contributed by atoms with van der Waals surface area (Å²) in [6, 6.07) is 17.6. The fourth-order valence-electron chi connectivity index (χ4n) is 6.82. The molecule has 2 atom stereocenters. The van der Waals surface area contributed by atoms with Crippen LogP contribution in [-0.2, 0) is 36.1 Å². The van der Waals surface area contributed by atoms with Gasteiger partial charge in [-0.15, -0.1) is 0 Å². The van der Waals surface area contributed by atoms with Crippen molar-refractivity contribution in [3.8, 4) is 22.6 Å². The van der Waals surface area contributed by atoms with Crippen molar-refractivity contribution in [3.63, 3.8) is 0 Å². The second-order valence-electron chi connectivity index (χ2n) is 15.0. The van der Waals surface area contributed by atoms with Gasteiger partial charge >= 0.3 is 12.2 Å². The molecule has 0 aromatic heterocycles. The average Bonchev–Trinajstić information content (AvgIpc) is 3.57. The number of nitrogens with one attached hydrogen (secondary N) is 2. The molecule has 5 rings (SSSR count). The lowest BCUT2D eigenvalue weighted by atomic mass is 9.88. The van der Waals surface area contributed by atoms with Gasteiger partial charge in [-0.25, -0.2) is 31.1 Å². The van der Waals surface area contributed by atoms with Crippen LogP contribution < -0.4 is 19.5 Å². The zero-order valence-corrected chi connectivity index (χ0v) is 34.4. The Kier molecular flexibility index (Phi) is 13.8. The van der Waals surface area contributed by atoms with Crippen LogP contribution in [0.4, 0.5) is 9.59 Å². The van der Waals surface area contributed by atoms with Crippen LogP contribution in [-0.4, -0.2) is 118 Å². The summed E-state index contributed by atoms with van der Waals surface area (Å²) in [7, 11) is -6.41. The number of aliphatic hydroxyl groups excluding tert-OH is 1. The lowest BCUT2D eigenvalue weighted by Crippen LogP contribution is -2.48. The molecule has 3 aromatic rings. The van der Waals surface area contributed by atoms with E-state index in [-0.39, 0.29) is 67.3 Å². The maximum Gasteiger partial charge on any atom is 0.407 e. The molecule has 0 bridgehead atoms. The van der Waals surface area contributed by atoms with Crippen molar-refractivity contribution in [2.75, 3.05) is 46.5 Å². The highest BCUT2D eigenvalue weighted by Crippen LogP contribution is 2.40. The van der Waals surface area contributed by atoms with E-state index < -0.39 is 55.6 Å². The molecule has 2 amide bonds. The SMILES string of the molecule is CCOc1cc(-c2ccc(CNC(=O)OC(C)(C)C)cc2)ccc1S(=O)(=O)N1CCC2(CC1)C[C@H](N(C[C@H](O)COc1cccc(S(=O)(=O)NC)c1)C(=O)O)CO2. The number of amides is 2. The van der Waals surface area contributed by atoms with Crippen LogP contribution in [0.1, 0.15) is 52.5 Å². The lowest BCUT2D eigenvalue weighted by Gasteiger charge is -2.38. The van der Waals surface area contributed by atoms with E-state index in [1.165, 1.54) is 35.6 Å². The third kappa shape index (κ3) is 11.1. The van der Waals surface area contributed by atoms with Gasteiger partial charge in [0.05, 0.1) is 36.3 Å². The van der Waals surface area contributed by atoms with Gasteiger partial charge in [0, 0.05) is 25.7 Å². The molecule has 2 aliphatic rings. The van der Waals surface area contributed by atoms with E-state index in [0.717, 1.165) is 21.6 Å². The summed E-state index contributed by atoms with van der Waals surface area (Å²) >= 11 is 0. The Bertz CT molecular complexity index is 2100. The number of hydrogen-bond acceptors (Lipinski definition) is 11. The van der Waals surface area contributed by atoms with Crippen LogP contribution in [0.5, 0.6) is 11.5 Å². The molecule has 57 heavy (non-hydrogen) atoms. The summed E-state index contributed by atoms with van der Waals surface area (Å²) in [6.07, 6.45) is -2.00. The highest BCUT2D eigenvalue weighted by Gasteiger charge is 2.47. The Morgan fingerprint density at radius 2 is 1.68 bits per heavy atom. The molecular formula is C39H52N4O12S2. The highest BCUT2D eigenvalue weighted by molar-refractivity contribution is 7.89. The Balaban J connectivity index is 1.18. The molecule has 0 unspecified atom stereocenters. The van der Waals surface area contributed by atoms with Crippen LogP contribution >= 0.6 is 0 Å². The molecular weight excluding hydrogens is 781 g/mol. The maximum atomic E-state index is 14.0. The first-order chi connectivity index (χ1) is 26.8. The van der Waals surface area contributed by atoms with Gasteiger partial charge < -0.3 is 39.4 Å². The first-order valence-corrected chi connectivity index (χ1v) is 21.6. The minimum Gasteiger partial charge on any atom is -0.492 e. The summed E-state index contributed by atoms with van der Waals surface area (Å²) in [6.45, 7) is 7.48. The summed E-state index contributed by atoms with van der Waals surface area (Å²) in [5.74, 6) is 0.414. The molecule has 0 saturated carbocycles. The first kappa shape index (κ1) is 43.7. The van der Waals surface area contributed by atoms with E-state index in [4.69, 9.17) is 18.9 Å². The Hall–Kier alpha value is -4.46. The number of ether oxygens (including phenoxy) is 4. The normalized spacial score (nSPS) is 17.8. The number of hydrogen-bond donors (Lipinski definition) is 4. The van der Waals surface area contributed by atoms with Crippen molar-refractivity contribution in [1.29, 1.82) is 0 Å². The van der Waals surface area contributed by atoms with Gasteiger partial charge in [0.25, 0.3) is 0 Å². The van der Waals surface area contributed by atoms with E-state index in [1.54, 1.807) is 45.9 Å². The Morgan fingerprint density at radius 1 is 1.00 bits per heavy atom. The van der Waals surface area contributed by atoms with Crippen molar-refractivity contribution < 1.29 is 55.6 Å². The topological polar surface area (TPSA) is 210 Å². The number of sulfonamides is 2. The number of alkyl carbamates (subject to hydrolysis) is 1. The van der Waals surface area contributed by atoms with Crippen molar-refractivity contribution in [2.24, 2.45) is 0 Å². The molecule has 2 aliphatic heterocycles. The van der Waals surface area contributed by atoms with Gasteiger partial charge in [0.1, 0.15) is 34.7 Å². The summed E-state index contributed by atoms with van der Waals surface area (Å²) in [5.41, 5.74) is 1.09. The third-order valence-electron chi connectivity index (χ3n) is 9.73. The number of carbonyl (C=O) groups is 2. The van der Waals surface area contributed by atoms with Gasteiger partial charge in [-0.3, -0.25) is 0 Å². The summed E-state index contributed by atoms with van der Waals surface area (Å²) in [4.78, 5) is 25.5. The van der Waals surface area contributed by atoms with Crippen LogP contribution in [0.25, 0.3) is 11.1 Å². The smallest absolute Gasteiger partial charge is 0.407 e. The predicted molar refractivity (Wildman–Crippen MR) is 210 cm³/mol. The molecule has 1 spiro atoms. The first-order valence-electron chi connectivity index (χ1n) is 18.7. The molecule has 2 saturated heterocycles. The molecule has 0 radical (unpaired) electrons. The minimum atomic E-state index is -3.98. The van der Waals surface area contributed by atoms with Crippen molar-refractivity contribution in [2.45, 2.75) is 86.6 Å². The monoisotopic (exact) mass is 832 g/mol. The van der Waals surface area contributed by atoms with Crippen molar-refractivity contribution in [3.05, 3.63) is 72.3 Å². The zero-order valence-electron chi connectivity index (χ0n) is 32.8. The molecule has 3 aromatic carbocycles. The largest absolute Gasteiger partial charge is 0.492 e. The molecule has 4 N–H and O–H groups in total. The summed E-state index contributed by atoms with van der Waals surface area (Å²) in [5, 5.41) is 23.5. The second-order valence-corrected chi connectivity index (χ2v) is 18.8. The predicted octanol–water partition coefficient (Wildman–Crippen LogP) is 4.42. The van der Waals surface area contributed by atoms with Gasteiger partial charge in [-0.2, -0.15) is 4.31 Å². The molecule has 312 valence electrons. The van der Waals surface area contributed by atoms with Crippen LogP contribution in [0.3, 0.4) is 0 Å². The number of aliphatic hydroxyl groups is 1. The average molecular weight is 833 g/mol. The second kappa shape index (κ2) is 18.0. The number of benzene rings is 3. The van der Waals surface area contributed by atoms with E-state index in [2.05, 4.69) is 10.0 Å². The van der Waals surface area contributed by atoms with Gasteiger partial charge in [-0.05, 0) is 95.0 Å². The number of nitrogens with zero attached hydrogens (tertiary/aromatic N) is 2. The van der Waals surface area contributed by atoms with Crippen molar-refractivity contribution >= 4 is 32.2 Å². The van der Waals surface area contributed by atoms with E-state index in [1.807, 2.05) is 24.3 Å². The molecule has 18 heteroatoms. The molecule has 2 fully saturated rings. The van der Waals surface area contributed by atoms with E-state index in [0.29, 0.717) is 19.3 Å². The van der Waals surface area contributed by atoms with Crippen LogP contribution in [0.15, 0.2) is 76.5 Å². The van der Waals surface area contributed by atoms with E-state index in [9.17, 15) is 36.6 Å². The summed E-state index contributed by atoms with van der Waals surface area (Å²) < 4.78 is 78.8. The fourth-order valence-corrected chi connectivity index (χ4v) is 9.14. The lowest BCUT2D eigenvalue weighted by molar-refractivity contribution is -0.0319. The maximum absolute atomic E-state index is 14.0. The van der Waals surface area contributed by atoms with E-state index >= 15 is 0 Å². The number of piperidine rings is 1. The highest BCUT2D eigenvalue weighted by atomic mass is 32.2. The fraction of sp³-hybridized carbons (Fsp3) is 0.487. The zero-order chi connectivity index (χ0) is 41.6. The number of carbonyl (C=O) groups excluding carboxylic acids is 1. The number of rotatable bonds is 15. The van der Waals surface area contributed by atoms with Gasteiger partial charge in [-0.1, -0.05) is 36.4 Å². The van der Waals surface area contributed by atoms with Gasteiger partial charge in [0.2, 0.25) is 20.0 Å². The molecule has 16 nitrogen and oxygen atoms in total. The van der Waals surface area contributed by atoms with Crippen LogP contribution in [0.2, 0.25) is 0 Å². The standard InChI is InChI=1S/C39H52N4O12S2/c1-6-52-34-20-29(28-12-10-27(11-13-28)23-41-36(45)55-38(2,3)4)14-15-35(34)57(50,51)42-18-16-39(17-19-42)22-30(25-54-39)43(37(46)47)24-31(44)26-53-32-8-7-9-33(21-32)56(48,49)40-5/h7-15,20-21,30-31,40,44H,6,16-19,22-26H2,1-5H3,(H,41,45)(H,46,47)/t30-,31-/m0/s1. The Labute approximate surface area is 334 Å². The molecule has 0 aliphatic carbocycles. The molecule has 2 heterocycles. The van der Waals surface area contributed by atoms with Crippen molar-refractivity contribution in [1.82, 2.24) is 19.2 Å². The Morgan fingerprint density at radius 3 is 2.32 bits per heavy atom. The quantitative estimate of drug-likeness (QED) is 0.168. The number of carboxylic acid groups (broad SMARTS) is 1. The van der Waals surface area contributed by atoms with Gasteiger partial charge in [0.15, 0.2) is 0 Å².